The van der Waals surface area contributed by atoms with Crippen molar-refractivity contribution < 1.29 is 30.3 Å². The predicted octanol–water partition coefficient (Wildman–Crippen LogP) is 2.44. The van der Waals surface area contributed by atoms with E-state index in [2.05, 4.69) is 0 Å². The van der Waals surface area contributed by atoms with Gasteiger partial charge in [0.15, 0.2) is 0 Å². The van der Waals surface area contributed by atoms with Crippen LogP contribution >= 0.6 is 22.6 Å². The molecule has 1 aromatic rings. The summed E-state index contributed by atoms with van der Waals surface area (Å²) in [5.74, 6) is -1.92. The van der Waals surface area contributed by atoms with E-state index in [4.69, 9.17) is 0 Å². The van der Waals surface area contributed by atoms with E-state index < -0.39 is 27.2 Å². The van der Waals surface area contributed by atoms with E-state index in [-0.39, 0.29) is 25.9 Å². The van der Waals surface area contributed by atoms with Crippen molar-refractivity contribution in [2.45, 2.75) is 23.9 Å². The van der Waals surface area contributed by atoms with Gasteiger partial charge >= 0.3 is 22.3 Å². The number of carbonyl (C=O) groups excluding carboxylic acids is 1. The van der Waals surface area contributed by atoms with Crippen LogP contribution in [0, 0.1) is 3.57 Å². The van der Waals surface area contributed by atoms with Crippen molar-refractivity contribution in [2.75, 3.05) is 13.1 Å². The number of fused-ring (bicyclic) bond motifs is 1. The minimum absolute atomic E-state index is 0.0382. The summed E-state index contributed by atoms with van der Waals surface area (Å²) >= 11 is 1.81. The summed E-state index contributed by atoms with van der Waals surface area (Å²) < 4.78 is 72.9. The fourth-order valence-electron chi connectivity index (χ4n) is 2.31. The van der Waals surface area contributed by atoms with Crippen LogP contribution in [0.15, 0.2) is 17.0 Å². The summed E-state index contributed by atoms with van der Waals surface area (Å²) in [4.78, 5) is 11.4. The number of carbonyl (C=O) groups is 1. The fraction of sp³-hybridized carbons (Fsp3) is 0.417. The van der Waals surface area contributed by atoms with E-state index in [1.807, 2.05) is 22.6 Å². The van der Waals surface area contributed by atoms with E-state index in [1.165, 1.54) is 0 Å². The highest BCUT2D eigenvalue weighted by Gasteiger charge is 2.42. The summed E-state index contributed by atoms with van der Waals surface area (Å²) in [6, 6.07) is 2.25. The Morgan fingerprint density at radius 2 is 1.77 bits per heavy atom. The minimum Gasteiger partial charge on any atom is -0.334 e. The number of rotatable bonds is 1. The van der Waals surface area contributed by atoms with Crippen LogP contribution in [-0.2, 0) is 27.9 Å². The van der Waals surface area contributed by atoms with Gasteiger partial charge in [0.1, 0.15) is 0 Å². The molecule has 0 fully saturated rings. The first kappa shape index (κ1) is 17.4. The predicted molar refractivity (Wildman–Crippen MR) is 77.5 cm³/mol. The number of alkyl halides is 3. The number of benzene rings is 1. The maximum Gasteiger partial charge on any atom is 0.471 e. The molecule has 1 amide bonds. The van der Waals surface area contributed by atoms with E-state index in [9.17, 15) is 30.3 Å². The highest BCUT2D eigenvalue weighted by molar-refractivity contribution is 14.1. The highest BCUT2D eigenvalue weighted by atomic mass is 127. The second kappa shape index (κ2) is 5.95. The lowest BCUT2D eigenvalue weighted by atomic mass is 10.0. The number of amides is 1. The molecule has 0 aliphatic carbocycles. The largest absolute Gasteiger partial charge is 0.471 e. The average Bonchev–Trinajstić information content (AvgIpc) is 2.58. The van der Waals surface area contributed by atoms with Crippen LogP contribution < -0.4 is 0 Å². The van der Waals surface area contributed by atoms with Crippen molar-refractivity contribution in [1.29, 1.82) is 0 Å². The molecule has 0 saturated carbocycles. The van der Waals surface area contributed by atoms with Crippen LogP contribution in [0.3, 0.4) is 0 Å². The molecule has 1 heterocycles. The van der Waals surface area contributed by atoms with Crippen LogP contribution in [0.5, 0.6) is 0 Å². The third-order valence-corrected chi connectivity index (χ3v) is 5.12. The second-order valence-corrected chi connectivity index (χ2v) is 7.28. The quantitative estimate of drug-likeness (QED) is 0.375. The maximum atomic E-state index is 13.1. The molecular formula is C12H10F4INO3S. The zero-order valence-corrected chi connectivity index (χ0v) is 13.9. The first-order valence-electron chi connectivity index (χ1n) is 6.12. The van der Waals surface area contributed by atoms with E-state index in [1.54, 1.807) is 0 Å². The summed E-state index contributed by atoms with van der Waals surface area (Å²) in [5.41, 5.74) is 1.09. The van der Waals surface area contributed by atoms with Gasteiger partial charge in [0.2, 0.25) is 0 Å². The molecule has 0 unspecified atom stereocenters. The molecular weight excluding hydrogens is 441 g/mol. The van der Waals surface area contributed by atoms with E-state index in [0.29, 0.717) is 19.6 Å². The van der Waals surface area contributed by atoms with Gasteiger partial charge in [-0.1, -0.05) is 0 Å². The zero-order chi connectivity index (χ0) is 16.7. The number of hydrogen-bond acceptors (Lipinski definition) is 3. The Morgan fingerprint density at radius 1 is 1.18 bits per heavy atom. The van der Waals surface area contributed by atoms with Gasteiger partial charge in [-0.15, -0.1) is 3.89 Å². The summed E-state index contributed by atoms with van der Waals surface area (Å²) in [5, 5.41) is 0. The molecule has 0 aromatic heterocycles. The van der Waals surface area contributed by atoms with Crippen LogP contribution in [-0.4, -0.2) is 38.5 Å². The van der Waals surface area contributed by atoms with Gasteiger partial charge in [0.05, 0.1) is 4.90 Å². The normalized spacial score (nSPS) is 16.1. The molecule has 0 atom stereocenters. The molecule has 4 nitrogen and oxygen atoms in total. The van der Waals surface area contributed by atoms with E-state index >= 15 is 0 Å². The molecule has 1 aliphatic heterocycles. The molecule has 22 heavy (non-hydrogen) atoms. The van der Waals surface area contributed by atoms with Crippen LogP contribution in [0.4, 0.5) is 17.1 Å². The van der Waals surface area contributed by atoms with Gasteiger partial charge in [-0.2, -0.15) is 21.6 Å². The zero-order valence-electron chi connectivity index (χ0n) is 11.0. The van der Waals surface area contributed by atoms with Crippen molar-refractivity contribution in [3.8, 4) is 0 Å². The topological polar surface area (TPSA) is 54.5 Å². The molecule has 0 saturated heterocycles. The standard InChI is InChI=1S/C12H10F4INO3S/c13-12(14,15)11(19)18-3-1-7-5-8(22(16,20)21)6-10(17)9(7)2-4-18/h5-6H,1-4H2. The van der Waals surface area contributed by atoms with Gasteiger partial charge in [-0.05, 0) is 58.7 Å². The first-order valence-corrected chi connectivity index (χ1v) is 8.58. The molecule has 1 aliphatic rings. The van der Waals surface area contributed by atoms with Gasteiger partial charge in [0, 0.05) is 16.7 Å². The Morgan fingerprint density at radius 3 is 2.32 bits per heavy atom. The second-order valence-electron chi connectivity index (χ2n) is 4.77. The van der Waals surface area contributed by atoms with Gasteiger partial charge in [-0.25, -0.2) is 0 Å². The van der Waals surface area contributed by atoms with Crippen molar-refractivity contribution in [3.05, 3.63) is 26.8 Å². The molecule has 2 rings (SSSR count). The number of hydrogen-bond donors (Lipinski definition) is 0. The van der Waals surface area contributed by atoms with Gasteiger partial charge < -0.3 is 4.90 Å². The van der Waals surface area contributed by atoms with Crippen LogP contribution in [0.2, 0.25) is 0 Å². The van der Waals surface area contributed by atoms with Crippen LogP contribution in [0.25, 0.3) is 0 Å². The molecule has 0 radical (unpaired) electrons. The van der Waals surface area contributed by atoms with Crippen molar-refractivity contribution in [2.24, 2.45) is 0 Å². The van der Waals surface area contributed by atoms with Crippen molar-refractivity contribution in [3.63, 3.8) is 0 Å². The lowest BCUT2D eigenvalue weighted by Crippen LogP contribution is -2.42. The Kier molecular flexibility index (Phi) is 4.71. The fourth-order valence-corrected chi connectivity index (χ4v) is 4.01. The molecule has 0 N–H and O–H groups in total. The molecule has 0 spiro atoms. The Labute approximate surface area is 137 Å². The van der Waals surface area contributed by atoms with Gasteiger partial charge in [0.25, 0.3) is 0 Å². The average molecular weight is 451 g/mol. The third kappa shape index (κ3) is 3.70. The summed E-state index contributed by atoms with van der Waals surface area (Å²) in [6.45, 7) is -0.319. The Balaban J connectivity index is 2.33. The lowest BCUT2D eigenvalue weighted by Gasteiger charge is -2.21. The third-order valence-electron chi connectivity index (χ3n) is 3.36. The first-order chi connectivity index (χ1) is 10.00. The highest BCUT2D eigenvalue weighted by Crippen LogP contribution is 2.28. The Bertz CT molecular complexity index is 718. The molecule has 1 aromatic carbocycles. The number of halogens is 5. The monoisotopic (exact) mass is 451 g/mol. The molecule has 0 bridgehead atoms. The SMILES string of the molecule is O=C(N1CCc2cc(S(=O)(=O)F)cc(I)c2CC1)C(F)(F)F. The lowest BCUT2D eigenvalue weighted by molar-refractivity contribution is -0.185. The molecule has 122 valence electrons. The minimum atomic E-state index is -4.95. The van der Waals surface area contributed by atoms with Gasteiger partial charge in [-0.3, -0.25) is 4.79 Å². The maximum absolute atomic E-state index is 13.1. The smallest absolute Gasteiger partial charge is 0.334 e. The molecule has 10 heteroatoms. The Hall–Kier alpha value is -0.910. The van der Waals surface area contributed by atoms with Crippen LogP contribution in [0.1, 0.15) is 11.1 Å². The number of nitrogens with zero attached hydrogens (tertiary/aromatic N) is 1. The summed E-state index contributed by atoms with van der Waals surface area (Å²) in [7, 11) is -4.89. The van der Waals surface area contributed by atoms with E-state index in [0.717, 1.165) is 12.1 Å². The van der Waals surface area contributed by atoms with Crippen molar-refractivity contribution >= 4 is 38.7 Å². The summed E-state index contributed by atoms with van der Waals surface area (Å²) in [6.07, 6.45) is -4.75. The van der Waals surface area contributed by atoms with Crippen molar-refractivity contribution in [1.82, 2.24) is 4.90 Å².